The van der Waals surface area contributed by atoms with Gasteiger partial charge in [-0.2, -0.15) is 4.89 Å². The summed E-state index contributed by atoms with van der Waals surface area (Å²) in [7, 11) is 1.80. The first-order chi connectivity index (χ1) is 7.25. The van der Waals surface area contributed by atoms with Gasteiger partial charge in [0.05, 0.1) is 5.56 Å². The van der Waals surface area contributed by atoms with E-state index in [0.717, 1.165) is 5.56 Å². The lowest BCUT2D eigenvalue weighted by molar-refractivity contribution is -0.239. The van der Waals surface area contributed by atoms with E-state index >= 15 is 0 Å². The van der Waals surface area contributed by atoms with Crippen molar-refractivity contribution in [3.63, 3.8) is 0 Å². The second-order valence-electron chi connectivity index (χ2n) is 3.11. The molecular weight excluding hydrogens is 194 g/mol. The zero-order valence-corrected chi connectivity index (χ0v) is 8.95. The van der Waals surface area contributed by atoms with Crippen LogP contribution in [0.4, 0.5) is 0 Å². The van der Waals surface area contributed by atoms with Crippen molar-refractivity contribution < 1.29 is 14.6 Å². The molecule has 0 radical (unpaired) electrons. The van der Waals surface area contributed by atoms with Crippen LogP contribution in [0.2, 0.25) is 0 Å². The highest BCUT2D eigenvalue weighted by molar-refractivity contribution is 5.90. The molecule has 0 heterocycles. The van der Waals surface area contributed by atoms with E-state index < -0.39 is 5.97 Å². The minimum absolute atomic E-state index is 0.341. The van der Waals surface area contributed by atoms with Gasteiger partial charge >= 0.3 is 5.97 Å². The van der Waals surface area contributed by atoms with Gasteiger partial charge in [-0.3, -0.25) is 4.89 Å². The Morgan fingerprint density at radius 2 is 2.13 bits per heavy atom. The van der Waals surface area contributed by atoms with Crippen molar-refractivity contribution in [2.45, 2.75) is 6.92 Å². The lowest BCUT2D eigenvalue weighted by atomic mass is 10.1. The Labute approximate surface area is 89.1 Å². The van der Waals surface area contributed by atoms with Crippen LogP contribution in [0.25, 0.3) is 0 Å². The maximum absolute atomic E-state index is 11.5. The van der Waals surface area contributed by atoms with E-state index in [1.165, 1.54) is 0 Å². The van der Waals surface area contributed by atoms with Gasteiger partial charge in [0.25, 0.3) is 0 Å². The van der Waals surface area contributed by atoms with Gasteiger partial charge in [-0.25, -0.2) is 4.79 Å². The average molecular weight is 209 g/mol. The van der Waals surface area contributed by atoms with Crippen LogP contribution in [0.3, 0.4) is 0 Å². The maximum Gasteiger partial charge on any atom is 0.373 e. The lowest BCUT2D eigenvalue weighted by Crippen LogP contribution is -2.16. The Morgan fingerprint density at radius 1 is 1.40 bits per heavy atom. The number of nitrogens with one attached hydrogen (secondary N) is 1. The maximum atomic E-state index is 11.5. The molecule has 0 unspecified atom stereocenters. The van der Waals surface area contributed by atoms with Crippen molar-refractivity contribution in [3.8, 4) is 0 Å². The van der Waals surface area contributed by atoms with E-state index in [9.17, 15) is 4.79 Å². The first kappa shape index (κ1) is 11.7. The molecule has 0 aliphatic carbocycles. The molecule has 1 aromatic rings. The molecule has 0 atom stereocenters. The van der Waals surface area contributed by atoms with Gasteiger partial charge in [0.15, 0.2) is 0 Å². The quantitative estimate of drug-likeness (QED) is 0.451. The summed E-state index contributed by atoms with van der Waals surface area (Å²) in [4.78, 5) is 20.8. The number of carbonyl (C=O) groups is 1. The third-order valence-electron chi connectivity index (χ3n) is 1.93. The summed E-state index contributed by atoms with van der Waals surface area (Å²) in [6.07, 6.45) is 0. The van der Waals surface area contributed by atoms with E-state index in [-0.39, 0.29) is 0 Å². The number of hydrogen-bond donors (Lipinski definition) is 1. The Hall–Kier alpha value is -1.39. The molecule has 1 aromatic carbocycles. The molecular formula is C11H15NO3. The first-order valence-electron chi connectivity index (χ1n) is 4.79. The molecule has 1 rings (SSSR count). The fourth-order valence-electron chi connectivity index (χ4n) is 1.09. The van der Waals surface area contributed by atoms with Crippen LogP contribution < -0.4 is 5.32 Å². The molecule has 0 aliphatic rings. The van der Waals surface area contributed by atoms with Gasteiger partial charge in [0.2, 0.25) is 0 Å². The number of aryl methyl sites for hydroxylation is 1. The summed E-state index contributed by atoms with van der Waals surface area (Å²) in [5, 5.41) is 2.88. The number of hydrogen-bond acceptors (Lipinski definition) is 4. The molecule has 4 nitrogen and oxygen atoms in total. The third-order valence-corrected chi connectivity index (χ3v) is 1.93. The standard InChI is InChI=1S/C11H15NO3/c1-9-5-3-4-6-10(9)11(13)15-14-8-7-12-2/h3-6,12H,7-8H2,1-2H3. The molecule has 0 fully saturated rings. The zero-order valence-electron chi connectivity index (χ0n) is 8.95. The summed E-state index contributed by atoms with van der Waals surface area (Å²) >= 11 is 0. The molecule has 82 valence electrons. The van der Waals surface area contributed by atoms with E-state index in [0.29, 0.717) is 18.7 Å². The number of carbonyl (C=O) groups excluding carboxylic acids is 1. The smallest absolute Gasteiger partial charge is 0.317 e. The number of rotatable bonds is 5. The van der Waals surface area contributed by atoms with Crippen LogP contribution >= 0.6 is 0 Å². The lowest BCUT2D eigenvalue weighted by Gasteiger charge is -2.05. The molecule has 1 N–H and O–H groups in total. The molecule has 0 spiro atoms. The molecule has 0 saturated heterocycles. The highest BCUT2D eigenvalue weighted by Crippen LogP contribution is 2.08. The molecule has 0 bridgehead atoms. The van der Waals surface area contributed by atoms with Gasteiger partial charge in [-0.1, -0.05) is 18.2 Å². The van der Waals surface area contributed by atoms with Crippen molar-refractivity contribution in [1.82, 2.24) is 5.32 Å². The highest BCUT2D eigenvalue weighted by atomic mass is 17.2. The van der Waals surface area contributed by atoms with Crippen LogP contribution in [0.15, 0.2) is 24.3 Å². The average Bonchev–Trinajstić information content (AvgIpc) is 2.25. The largest absolute Gasteiger partial charge is 0.373 e. The Kier molecular flexibility index (Phi) is 4.80. The molecule has 0 saturated carbocycles. The minimum Gasteiger partial charge on any atom is -0.317 e. The third kappa shape index (κ3) is 3.69. The topological polar surface area (TPSA) is 47.6 Å². The summed E-state index contributed by atoms with van der Waals surface area (Å²) < 4.78 is 0. The van der Waals surface area contributed by atoms with Crippen LogP contribution in [0, 0.1) is 6.92 Å². The van der Waals surface area contributed by atoms with Crippen LogP contribution in [-0.4, -0.2) is 26.2 Å². The van der Waals surface area contributed by atoms with Gasteiger partial charge in [0, 0.05) is 6.54 Å². The van der Waals surface area contributed by atoms with Crippen LogP contribution in [0.1, 0.15) is 15.9 Å². The minimum atomic E-state index is -0.454. The molecule has 0 aromatic heterocycles. The molecule has 4 heteroatoms. The van der Waals surface area contributed by atoms with Crippen LogP contribution in [0.5, 0.6) is 0 Å². The Balaban J connectivity index is 2.44. The summed E-state index contributed by atoms with van der Waals surface area (Å²) in [6.45, 7) is 2.83. The van der Waals surface area contributed by atoms with Gasteiger partial charge in [0.1, 0.15) is 6.61 Å². The predicted molar refractivity (Wildman–Crippen MR) is 56.5 cm³/mol. The van der Waals surface area contributed by atoms with Crippen molar-refractivity contribution >= 4 is 5.97 Å². The fourth-order valence-corrected chi connectivity index (χ4v) is 1.09. The molecule has 15 heavy (non-hydrogen) atoms. The molecule has 0 amide bonds. The Bertz CT molecular complexity index is 325. The summed E-state index contributed by atoms with van der Waals surface area (Å²) in [6, 6.07) is 7.22. The second kappa shape index (κ2) is 6.16. The van der Waals surface area contributed by atoms with Gasteiger partial charge in [-0.05, 0) is 25.6 Å². The summed E-state index contributed by atoms with van der Waals surface area (Å²) in [5.74, 6) is -0.454. The zero-order chi connectivity index (χ0) is 11.1. The van der Waals surface area contributed by atoms with Crippen molar-refractivity contribution in [2.75, 3.05) is 20.2 Å². The SMILES string of the molecule is CNCCOOC(=O)c1ccccc1C. The van der Waals surface area contributed by atoms with Crippen LogP contribution in [-0.2, 0) is 9.78 Å². The van der Waals surface area contributed by atoms with Gasteiger partial charge < -0.3 is 5.32 Å². The van der Waals surface area contributed by atoms with E-state index in [1.807, 2.05) is 19.1 Å². The first-order valence-corrected chi connectivity index (χ1v) is 4.79. The normalized spacial score (nSPS) is 10.0. The van der Waals surface area contributed by atoms with Gasteiger partial charge in [-0.15, -0.1) is 0 Å². The highest BCUT2D eigenvalue weighted by Gasteiger charge is 2.10. The van der Waals surface area contributed by atoms with E-state index in [2.05, 4.69) is 10.2 Å². The van der Waals surface area contributed by atoms with E-state index in [1.54, 1.807) is 19.2 Å². The molecule has 0 aliphatic heterocycles. The predicted octanol–water partition coefficient (Wildman–Crippen LogP) is 1.30. The number of likely N-dealkylation sites (N-methyl/N-ethyl adjacent to an activating group) is 1. The summed E-state index contributed by atoms with van der Waals surface area (Å²) in [5.41, 5.74) is 1.40. The van der Waals surface area contributed by atoms with Crippen molar-refractivity contribution in [2.24, 2.45) is 0 Å². The second-order valence-corrected chi connectivity index (χ2v) is 3.11. The Morgan fingerprint density at radius 3 is 2.80 bits per heavy atom. The van der Waals surface area contributed by atoms with Crippen molar-refractivity contribution in [3.05, 3.63) is 35.4 Å². The number of benzene rings is 1. The fraction of sp³-hybridized carbons (Fsp3) is 0.364. The van der Waals surface area contributed by atoms with Crippen molar-refractivity contribution in [1.29, 1.82) is 0 Å². The monoisotopic (exact) mass is 209 g/mol. The van der Waals surface area contributed by atoms with E-state index in [4.69, 9.17) is 4.89 Å².